The van der Waals surface area contributed by atoms with E-state index in [4.69, 9.17) is 0 Å². The van der Waals surface area contributed by atoms with Gasteiger partial charge in [0.2, 0.25) is 0 Å². The van der Waals surface area contributed by atoms with Crippen LogP contribution in [0.4, 0.5) is 13.2 Å². The zero-order valence-corrected chi connectivity index (χ0v) is 14.2. The van der Waals surface area contributed by atoms with Crippen molar-refractivity contribution in [1.29, 1.82) is 0 Å². The number of nitrogens with zero attached hydrogens (tertiary/aromatic N) is 8. The Morgan fingerprint density at radius 1 is 1.11 bits per heavy atom. The maximum absolute atomic E-state index is 12.5. The summed E-state index contributed by atoms with van der Waals surface area (Å²) < 4.78 is 41.8. The molecule has 5 aromatic heterocycles. The van der Waals surface area contributed by atoms with E-state index in [1.54, 1.807) is 21.6 Å². The van der Waals surface area contributed by atoms with E-state index in [-0.39, 0.29) is 0 Å². The van der Waals surface area contributed by atoms with Crippen LogP contribution < -0.4 is 0 Å². The molecular weight excluding hydrogens is 375 g/mol. The van der Waals surface area contributed by atoms with Crippen molar-refractivity contribution in [3.8, 4) is 11.3 Å². The lowest BCUT2D eigenvalue weighted by Crippen LogP contribution is -2.17. The van der Waals surface area contributed by atoms with Crippen LogP contribution in [0.25, 0.3) is 28.2 Å². The first-order valence-corrected chi connectivity index (χ1v) is 8.25. The highest BCUT2D eigenvalue weighted by Gasteiger charge is 2.28. The van der Waals surface area contributed by atoms with E-state index in [1.165, 1.54) is 18.6 Å². The van der Waals surface area contributed by atoms with Gasteiger partial charge in [0, 0.05) is 24.2 Å². The molecule has 0 atom stereocenters. The Morgan fingerprint density at radius 3 is 2.86 bits per heavy atom. The van der Waals surface area contributed by atoms with Gasteiger partial charge < -0.3 is 0 Å². The second kappa shape index (κ2) is 5.90. The van der Waals surface area contributed by atoms with E-state index in [0.29, 0.717) is 29.1 Å². The highest BCUT2D eigenvalue weighted by Crippen LogP contribution is 2.22. The Kier molecular flexibility index (Phi) is 3.47. The van der Waals surface area contributed by atoms with Gasteiger partial charge in [0.05, 0.1) is 30.3 Å². The molecule has 0 fully saturated rings. The third kappa shape index (κ3) is 2.98. The standard InChI is InChI=1S/C16H12F3N9/c17-16(18,19)9-26-7-10(5-22-26)12-6-21-14-15(23-12)28(25-14)8-11-1-2-13-20-3-4-27(13)24-11/h1-7H,8-9H2,(H,21,25). The minimum atomic E-state index is -4.33. The monoisotopic (exact) mass is 387 g/mol. The van der Waals surface area contributed by atoms with Crippen molar-refractivity contribution < 1.29 is 13.2 Å². The second-order valence-electron chi connectivity index (χ2n) is 6.22. The first-order valence-electron chi connectivity index (χ1n) is 8.25. The molecule has 0 unspecified atom stereocenters. The minimum Gasteiger partial charge on any atom is -0.277 e. The number of hydrogen-bond acceptors (Lipinski definition) is 5. The van der Waals surface area contributed by atoms with E-state index in [0.717, 1.165) is 16.0 Å². The Bertz CT molecular complexity index is 1270. The van der Waals surface area contributed by atoms with Crippen molar-refractivity contribution in [2.24, 2.45) is 0 Å². The molecular formula is C16H12F3N9. The Labute approximate surface area is 154 Å². The fraction of sp³-hybridized carbons (Fsp3) is 0.188. The molecule has 28 heavy (non-hydrogen) atoms. The van der Waals surface area contributed by atoms with E-state index >= 15 is 0 Å². The first-order chi connectivity index (χ1) is 13.4. The van der Waals surface area contributed by atoms with E-state index in [1.807, 2.05) is 12.1 Å². The average Bonchev–Trinajstić information content (AvgIpc) is 3.27. The molecule has 0 aliphatic rings. The summed E-state index contributed by atoms with van der Waals surface area (Å²) in [6, 6.07) is 3.72. The van der Waals surface area contributed by atoms with Crippen LogP contribution in [0, 0.1) is 0 Å². The molecule has 0 aliphatic heterocycles. The van der Waals surface area contributed by atoms with Crippen LogP contribution in [0.1, 0.15) is 5.69 Å². The van der Waals surface area contributed by atoms with Gasteiger partial charge in [-0.3, -0.25) is 14.5 Å². The Morgan fingerprint density at radius 2 is 2.00 bits per heavy atom. The third-order valence-corrected chi connectivity index (χ3v) is 4.15. The van der Waals surface area contributed by atoms with Crippen molar-refractivity contribution in [3.63, 3.8) is 0 Å². The molecule has 0 amide bonds. The molecule has 0 spiro atoms. The molecule has 0 aromatic carbocycles. The van der Waals surface area contributed by atoms with Gasteiger partial charge in [-0.05, 0) is 12.1 Å². The molecule has 0 saturated carbocycles. The lowest BCUT2D eigenvalue weighted by atomic mass is 10.3. The fourth-order valence-corrected chi connectivity index (χ4v) is 2.89. The molecule has 12 heteroatoms. The van der Waals surface area contributed by atoms with E-state index in [9.17, 15) is 13.2 Å². The summed E-state index contributed by atoms with van der Waals surface area (Å²) in [4.78, 5) is 12.9. The highest BCUT2D eigenvalue weighted by atomic mass is 19.4. The molecule has 0 bridgehead atoms. The summed E-state index contributed by atoms with van der Waals surface area (Å²) >= 11 is 0. The van der Waals surface area contributed by atoms with Crippen molar-refractivity contribution in [3.05, 3.63) is 48.8 Å². The topological polar surface area (TPSA) is 94.5 Å². The van der Waals surface area contributed by atoms with Crippen LogP contribution in [0.5, 0.6) is 0 Å². The van der Waals surface area contributed by atoms with Gasteiger partial charge in [-0.25, -0.2) is 19.5 Å². The number of aromatic nitrogens is 9. The molecule has 0 aliphatic carbocycles. The maximum atomic E-state index is 12.5. The SMILES string of the molecule is FC(F)(F)Cn1cc(-c2cnc3[nH]n(Cc4ccc5nccn5n4)c3n2)cn1. The smallest absolute Gasteiger partial charge is 0.277 e. The molecule has 1 N–H and O–H groups in total. The quantitative estimate of drug-likeness (QED) is 0.511. The number of halogens is 3. The van der Waals surface area contributed by atoms with Crippen LogP contribution in [0.2, 0.25) is 0 Å². The highest BCUT2D eigenvalue weighted by molar-refractivity contribution is 5.71. The molecule has 0 radical (unpaired) electrons. The van der Waals surface area contributed by atoms with Crippen LogP contribution in [-0.4, -0.2) is 50.3 Å². The van der Waals surface area contributed by atoms with Crippen LogP contribution in [0.3, 0.4) is 0 Å². The zero-order valence-electron chi connectivity index (χ0n) is 14.2. The van der Waals surface area contributed by atoms with Crippen molar-refractivity contribution >= 4 is 16.9 Å². The van der Waals surface area contributed by atoms with E-state index < -0.39 is 12.7 Å². The number of H-pyrrole nitrogens is 1. The lowest BCUT2D eigenvalue weighted by molar-refractivity contribution is -0.142. The van der Waals surface area contributed by atoms with Crippen LogP contribution in [-0.2, 0) is 13.1 Å². The second-order valence-corrected chi connectivity index (χ2v) is 6.22. The van der Waals surface area contributed by atoms with E-state index in [2.05, 4.69) is 30.2 Å². The predicted molar refractivity (Wildman–Crippen MR) is 91.2 cm³/mol. The Balaban J connectivity index is 1.42. The summed E-state index contributed by atoms with van der Waals surface area (Å²) in [6.07, 6.45) is 3.22. The molecule has 5 aromatic rings. The number of aromatic amines is 1. The van der Waals surface area contributed by atoms with Gasteiger partial charge in [-0.1, -0.05) is 0 Å². The summed E-state index contributed by atoms with van der Waals surface area (Å²) in [5, 5.41) is 11.2. The maximum Gasteiger partial charge on any atom is 0.408 e. The third-order valence-electron chi connectivity index (χ3n) is 4.15. The lowest BCUT2D eigenvalue weighted by Gasteiger charge is -2.15. The predicted octanol–water partition coefficient (Wildman–Crippen LogP) is 2.28. The van der Waals surface area contributed by atoms with Gasteiger partial charge in [0.25, 0.3) is 0 Å². The molecule has 5 rings (SSSR count). The van der Waals surface area contributed by atoms with Crippen molar-refractivity contribution in [2.45, 2.75) is 19.3 Å². The number of imidazole rings is 1. The van der Waals surface area contributed by atoms with Gasteiger partial charge in [0.15, 0.2) is 16.9 Å². The number of hydrogen-bond donors (Lipinski definition) is 1. The fourth-order valence-electron chi connectivity index (χ4n) is 2.89. The number of fused-ring (bicyclic) bond motifs is 2. The van der Waals surface area contributed by atoms with Gasteiger partial charge in [-0.15, -0.1) is 0 Å². The minimum absolute atomic E-state index is 0.437. The summed E-state index contributed by atoms with van der Waals surface area (Å²) in [6.45, 7) is -0.714. The molecule has 5 heterocycles. The number of nitrogens with one attached hydrogen (secondary N) is 1. The molecule has 0 saturated heterocycles. The number of rotatable bonds is 4. The number of alkyl halides is 3. The van der Waals surface area contributed by atoms with Crippen molar-refractivity contribution in [2.75, 3.05) is 0 Å². The Hall–Kier alpha value is -3.70. The van der Waals surface area contributed by atoms with Gasteiger partial charge in [0.1, 0.15) is 6.54 Å². The summed E-state index contributed by atoms with van der Waals surface area (Å²) in [7, 11) is 0. The summed E-state index contributed by atoms with van der Waals surface area (Å²) in [5.41, 5.74) is 3.62. The zero-order chi connectivity index (χ0) is 19.3. The average molecular weight is 387 g/mol. The summed E-state index contributed by atoms with van der Waals surface area (Å²) in [5.74, 6) is 0. The van der Waals surface area contributed by atoms with Crippen LogP contribution >= 0.6 is 0 Å². The van der Waals surface area contributed by atoms with Gasteiger partial charge >= 0.3 is 6.18 Å². The molecule has 142 valence electrons. The van der Waals surface area contributed by atoms with Crippen LogP contribution in [0.15, 0.2) is 43.1 Å². The van der Waals surface area contributed by atoms with Gasteiger partial charge in [-0.2, -0.15) is 23.4 Å². The largest absolute Gasteiger partial charge is 0.408 e. The normalized spacial score (nSPS) is 12.4. The van der Waals surface area contributed by atoms with Crippen molar-refractivity contribution in [1.82, 2.24) is 44.1 Å². The molecule has 9 nitrogen and oxygen atoms in total. The first kappa shape index (κ1) is 16.5.